The van der Waals surface area contributed by atoms with Crippen LogP contribution in [0.15, 0.2) is 231 Å². The average Bonchev–Trinajstić information content (AvgIpc) is 3.78. The zero-order valence-corrected chi connectivity index (χ0v) is 33.9. The van der Waals surface area contributed by atoms with Crippen molar-refractivity contribution >= 4 is 65.7 Å². The van der Waals surface area contributed by atoms with Gasteiger partial charge in [-0.15, -0.1) is 0 Å². The summed E-state index contributed by atoms with van der Waals surface area (Å²) in [4.78, 5) is 2.47. The number of hydrogen-bond acceptors (Lipinski definition) is 1. The van der Waals surface area contributed by atoms with Crippen LogP contribution in [0.25, 0.3) is 70.9 Å². The number of fused-ring (bicyclic) bond motifs is 14. The van der Waals surface area contributed by atoms with Gasteiger partial charge < -0.3 is 4.90 Å². The lowest BCUT2D eigenvalue weighted by molar-refractivity contribution is 0.786. The zero-order valence-electron chi connectivity index (χ0n) is 33.9. The highest BCUT2D eigenvalue weighted by Crippen LogP contribution is 2.63. The van der Waals surface area contributed by atoms with Crippen molar-refractivity contribution in [3.8, 4) is 22.3 Å². The van der Waals surface area contributed by atoms with E-state index in [1.807, 2.05) is 0 Å². The van der Waals surface area contributed by atoms with E-state index in [2.05, 4.69) is 237 Å². The zero-order chi connectivity index (χ0) is 40.7. The van der Waals surface area contributed by atoms with Crippen LogP contribution in [0.3, 0.4) is 0 Å². The van der Waals surface area contributed by atoms with E-state index >= 15 is 0 Å². The number of nitrogens with zero attached hydrogens (tertiary/aromatic N) is 1. The summed E-state index contributed by atoms with van der Waals surface area (Å²) in [7, 11) is 0. The summed E-state index contributed by atoms with van der Waals surface area (Å²) in [5, 5.41) is 10.0. The first-order valence-corrected chi connectivity index (χ1v) is 21.2. The fourth-order valence-electron chi connectivity index (χ4n) is 10.9. The van der Waals surface area contributed by atoms with Crippen molar-refractivity contribution in [1.82, 2.24) is 0 Å². The van der Waals surface area contributed by atoms with Crippen LogP contribution in [0.5, 0.6) is 0 Å². The van der Waals surface area contributed by atoms with Crippen molar-refractivity contribution in [2.45, 2.75) is 12.3 Å². The number of rotatable bonds is 6. The Hall–Kier alpha value is -7.74. The van der Waals surface area contributed by atoms with Crippen molar-refractivity contribution < 1.29 is 0 Å². The van der Waals surface area contributed by atoms with E-state index in [4.69, 9.17) is 0 Å². The number of benzene rings is 10. The quantitative estimate of drug-likeness (QED) is 0.152. The lowest BCUT2D eigenvalue weighted by atomic mass is 9.69. The van der Waals surface area contributed by atoms with Gasteiger partial charge in [0.25, 0.3) is 0 Å². The van der Waals surface area contributed by atoms with E-state index in [9.17, 15) is 0 Å². The van der Waals surface area contributed by atoms with Gasteiger partial charge in [-0.25, -0.2) is 0 Å². The van der Waals surface area contributed by atoms with Gasteiger partial charge >= 0.3 is 0 Å². The van der Waals surface area contributed by atoms with E-state index < -0.39 is 5.41 Å². The third kappa shape index (κ3) is 5.01. The molecule has 0 amide bonds. The molecule has 286 valence electrons. The highest BCUT2D eigenvalue weighted by molar-refractivity contribution is 6.25. The van der Waals surface area contributed by atoms with Crippen LogP contribution in [0.1, 0.15) is 29.2 Å². The molecule has 0 bridgehead atoms. The Morgan fingerprint density at radius 2 is 0.934 bits per heavy atom. The Kier molecular flexibility index (Phi) is 7.89. The molecule has 61 heavy (non-hydrogen) atoms. The van der Waals surface area contributed by atoms with Gasteiger partial charge in [0.1, 0.15) is 0 Å². The molecule has 0 aromatic heterocycles. The summed E-state index contributed by atoms with van der Waals surface area (Å²) in [5.74, 6) is 0. The highest BCUT2D eigenvalue weighted by Gasteiger charge is 2.52. The van der Waals surface area contributed by atoms with Crippen LogP contribution in [-0.2, 0) is 5.41 Å². The monoisotopic (exact) mass is 775 g/mol. The van der Waals surface area contributed by atoms with Crippen LogP contribution < -0.4 is 4.90 Å². The molecule has 0 saturated carbocycles. The van der Waals surface area contributed by atoms with Gasteiger partial charge in [0.05, 0.1) is 5.41 Å². The molecule has 0 unspecified atom stereocenters. The van der Waals surface area contributed by atoms with E-state index in [1.54, 1.807) is 0 Å². The lowest BCUT2D eigenvalue weighted by Crippen LogP contribution is -2.27. The minimum atomic E-state index is -0.510. The van der Waals surface area contributed by atoms with Gasteiger partial charge in [-0.2, -0.15) is 0 Å². The lowest BCUT2D eigenvalue weighted by Gasteiger charge is -2.33. The first kappa shape index (κ1) is 35.2. The van der Waals surface area contributed by atoms with Crippen molar-refractivity contribution in [2.24, 2.45) is 0 Å². The Morgan fingerprint density at radius 1 is 0.410 bits per heavy atom. The minimum absolute atomic E-state index is 0.510. The molecule has 10 aromatic carbocycles. The number of hydrogen-bond donors (Lipinski definition) is 0. The van der Waals surface area contributed by atoms with Crippen LogP contribution in [0.4, 0.5) is 17.1 Å². The fraction of sp³-hybridized carbons (Fsp3) is 0.0333. The molecule has 12 rings (SSSR count). The molecule has 0 heterocycles. The SMILES string of the molecule is C=CC1=C(/C=C\C)C2(c3cc(N(c4cccc(-c5cccc6ccccc56)c4)c4ccc5c6ccccc6c6ccccc6c5c4)ccc31)c1ccccc1-c1ccccc12. The van der Waals surface area contributed by atoms with Crippen LogP contribution in [0.2, 0.25) is 0 Å². The summed E-state index contributed by atoms with van der Waals surface area (Å²) in [6.07, 6.45) is 6.57. The molecule has 0 atom stereocenters. The molecule has 1 nitrogen and oxygen atoms in total. The van der Waals surface area contributed by atoms with Gasteiger partial charge in [0.2, 0.25) is 0 Å². The second-order valence-corrected chi connectivity index (χ2v) is 16.3. The van der Waals surface area contributed by atoms with Gasteiger partial charge in [-0.3, -0.25) is 0 Å². The van der Waals surface area contributed by atoms with Crippen molar-refractivity contribution in [1.29, 1.82) is 0 Å². The molecule has 1 heteroatoms. The summed E-state index contributed by atoms with van der Waals surface area (Å²) < 4.78 is 0. The van der Waals surface area contributed by atoms with E-state index in [1.165, 1.54) is 98.7 Å². The Bertz CT molecular complexity index is 3440. The minimum Gasteiger partial charge on any atom is -0.310 e. The van der Waals surface area contributed by atoms with Crippen LogP contribution in [-0.4, -0.2) is 0 Å². The molecule has 2 aliphatic rings. The second-order valence-electron chi connectivity index (χ2n) is 16.3. The normalized spacial score (nSPS) is 13.7. The van der Waals surface area contributed by atoms with Crippen LogP contribution in [0, 0.1) is 0 Å². The van der Waals surface area contributed by atoms with Gasteiger partial charge in [-0.05, 0) is 142 Å². The molecule has 0 N–H and O–H groups in total. The number of allylic oxidation sites excluding steroid dienone is 5. The molecule has 0 fully saturated rings. The summed E-state index contributed by atoms with van der Waals surface area (Å²) >= 11 is 0. The molecule has 10 aromatic rings. The van der Waals surface area contributed by atoms with E-state index in [-0.39, 0.29) is 0 Å². The molecule has 2 aliphatic carbocycles. The molecule has 0 radical (unpaired) electrons. The summed E-state index contributed by atoms with van der Waals surface area (Å²) in [5.41, 5.74) is 15.3. The molecular formula is C60H41N. The average molecular weight is 776 g/mol. The third-order valence-corrected chi connectivity index (χ3v) is 13.3. The molecule has 0 aliphatic heterocycles. The van der Waals surface area contributed by atoms with E-state index in [0.29, 0.717) is 0 Å². The van der Waals surface area contributed by atoms with Crippen molar-refractivity contribution in [3.63, 3.8) is 0 Å². The van der Waals surface area contributed by atoms with Gasteiger partial charge in [-0.1, -0.05) is 189 Å². The van der Waals surface area contributed by atoms with Crippen molar-refractivity contribution in [3.05, 3.63) is 253 Å². The molecule has 1 spiro atoms. The Balaban J connectivity index is 1.15. The predicted octanol–water partition coefficient (Wildman–Crippen LogP) is 16.3. The fourth-order valence-corrected chi connectivity index (χ4v) is 10.9. The van der Waals surface area contributed by atoms with Crippen molar-refractivity contribution in [2.75, 3.05) is 4.90 Å². The molecular weight excluding hydrogens is 735 g/mol. The maximum Gasteiger partial charge on any atom is 0.0726 e. The largest absolute Gasteiger partial charge is 0.310 e. The Morgan fingerprint density at radius 3 is 1.62 bits per heavy atom. The van der Waals surface area contributed by atoms with Gasteiger partial charge in [0, 0.05) is 17.1 Å². The van der Waals surface area contributed by atoms with E-state index in [0.717, 1.165) is 17.1 Å². The summed E-state index contributed by atoms with van der Waals surface area (Å²) in [6, 6.07) is 74.3. The highest BCUT2D eigenvalue weighted by atomic mass is 15.1. The topological polar surface area (TPSA) is 3.24 Å². The first-order chi connectivity index (χ1) is 30.2. The predicted molar refractivity (Wildman–Crippen MR) is 260 cm³/mol. The smallest absolute Gasteiger partial charge is 0.0726 e. The third-order valence-electron chi connectivity index (χ3n) is 13.3. The standard InChI is InChI=1S/C60H41N/c1-3-17-56-44(4-2)54-35-33-43(38-59(54)60(56)57-30-13-11-27-52(57)53-28-12-14-31-58(53)60)61(41-21-15-20-40(36-41)46-29-16-19-39-18-5-6-22-45(39)46)42-32-34-51-49-25-8-7-23-47(49)48-24-9-10-26-50(48)55(51)37-42/h3-38H,2H2,1H3/b17-3-. The molecule has 0 saturated heterocycles. The first-order valence-electron chi connectivity index (χ1n) is 21.2. The second kappa shape index (κ2) is 13.7. The summed E-state index contributed by atoms with van der Waals surface area (Å²) in [6.45, 7) is 6.55. The van der Waals surface area contributed by atoms with Crippen LogP contribution >= 0.6 is 0 Å². The Labute approximate surface area is 356 Å². The maximum atomic E-state index is 4.43. The van der Waals surface area contributed by atoms with Gasteiger partial charge in [0.15, 0.2) is 0 Å². The number of anilines is 3. The maximum absolute atomic E-state index is 4.43.